The number of rotatable bonds is 10. The van der Waals surface area contributed by atoms with Gasteiger partial charge in [0.15, 0.2) is 5.88 Å². The van der Waals surface area contributed by atoms with Crippen LogP contribution in [0.1, 0.15) is 16.1 Å². The predicted molar refractivity (Wildman–Crippen MR) is 118 cm³/mol. The summed E-state index contributed by atoms with van der Waals surface area (Å²) in [5.74, 6) is -0.686. The van der Waals surface area contributed by atoms with Crippen LogP contribution < -0.4 is 9.91 Å². The van der Waals surface area contributed by atoms with Gasteiger partial charge in [-0.2, -0.15) is 0 Å². The zero-order chi connectivity index (χ0) is 23.1. The molecule has 1 aliphatic heterocycles. The Bertz CT molecular complexity index is 1070. The first-order valence-corrected chi connectivity index (χ1v) is 9.67. The second-order valence-electron chi connectivity index (χ2n) is 6.71. The minimum absolute atomic E-state index is 0.0779. The van der Waals surface area contributed by atoms with Crippen LogP contribution in [0.5, 0.6) is 0 Å². The zero-order valence-electron chi connectivity index (χ0n) is 17.6. The second-order valence-corrected chi connectivity index (χ2v) is 6.71. The van der Waals surface area contributed by atoms with Crippen molar-refractivity contribution in [1.82, 2.24) is 0 Å². The van der Waals surface area contributed by atoms with Crippen molar-refractivity contribution in [2.24, 2.45) is 5.10 Å². The van der Waals surface area contributed by atoms with Crippen molar-refractivity contribution in [2.45, 2.75) is 0 Å². The van der Waals surface area contributed by atoms with Crippen LogP contribution in [0.15, 0.2) is 51.5 Å². The van der Waals surface area contributed by atoms with Crippen molar-refractivity contribution in [2.75, 3.05) is 50.4 Å². The molecule has 1 aromatic heterocycles. The number of carboxylic acid groups (broad SMARTS) is 1. The Kier molecular flexibility index (Phi) is 7.38. The molecule has 0 radical (unpaired) electrons. The molecule has 2 heterocycles. The van der Waals surface area contributed by atoms with E-state index >= 15 is 0 Å². The molecular formula is C22H22N4O6. The first-order chi connectivity index (χ1) is 15.5. The minimum atomic E-state index is -1.08. The van der Waals surface area contributed by atoms with E-state index in [1.165, 1.54) is 30.3 Å². The van der Waals surface area contributed by atoms with Gasteiger partial charge in [0.05, 0.1) is 30.0 Å². The Balaban J connectivity index is 1.84. The molecule has 32 heavy (non-hydrogen) atoms. The molecule has 1 aromatic carbocycles. The molecule has 10 heteroatoms. The van der Waals surface area contributed by atoms with Crippen LogP contribution >= 0.6 is 0 Å². The monoisotopic (exact) mass is 438 g/mol. The quantitative estimate of drug-likeness (QED) is 0.449. The van der Waals surface area contributed by atoms with Crippen molar-refractivity contribution in [3.8, 4) is 0 Å². The molecule has 0 saturated heterocycles. The first kappa shape index (κ1) is 22.7. The number of anilines is 2. The van der Waals surface area contributed by atoms with Crippen LogP contribution in [-0.4, -0.2) is 63.3 Å². The van der Waals surface area contributed by atoms with E-state index in [4.69, 9.17) is 25.6 Å². The van der Waals surface area contributed by atoms with Gasteiger partial charge in [0, 0.05) is 33.4 Å². The van der Waals surface area contributed by atoms with Gasteiger partial charge in [0.25, 0.3) is 5.91 Å². The molecule has 0 saturated carbocycles. The number of ether oxygens (including phenoxy) is 2. The molecule has 1 N–H and O–H groups in total. The fraction of sp³-hybridized carbons (Fsp3) is 0.273. The van der Waals surface area contributed by atoms with Crippen LogP contribution in [-0.2, 0) is 14.3 Å². The number of carbonyl (C=O) groups excluding carboxylic acids is 1. The number of carboxylic acids is 1. The second kappa shape index (κ2) is 10.4. The van der Waals surface area contributed by atoms with Gasteiger partial charge in [-0.25, -0.2) is 4.79 Å². The third-order valence-corrected chi connectivity index (χ3v) is 4.66. The lowest BCUT2D eigenvalue weighted by atomic mass is 10.1. The number of hydrogen-bond donors (Lipinski definition) is 1. The summed E-state index contributed by atoms with van der Waals surface area (Å²) in [5.41, 5.74) is 0.527. The molecular weight excluding hydrogens is 416 g/mol. The average molecular weight is 438 g/mol. The van der Waals surface area contributed by atoms with Gasteiger partial charge < -0.3 is 28.7 Å². The number of amidine groups is 1. The molecule has 1 aliphatic rings. The molecule has 0 atom stereocenters. The summed E-state index contributed by atoms with van der Waals surface area (Å²) in [7, 11) is 3.23. The molecule has 0 spiro atoms. The Morgan fingerprint density at radius 2 is 1.84 bits per heavy atom. The summed E-state index contributed by atoms with van der Waals surface area (Å²) in [6.07, 6.45) is 1.47. The average Bonchev–Trinajstić information content (AvgIpc) is 3.39. The number of aromatic carboxylic acids is 1. The topological polar surface area (TPSA) is 109 Å². The number of methoxy groups -OCH3 is 2. The normalized spacial score (nSPS) is 14.5. The maximum atomic E-state index is 12.9. The van der Waals surface area contributed by atoms with Crippen molar-refractivity contribution >= 4 is 35.4 Å². The first-order valence-electron chi connectivity index (χ1n) is 9.67. The van der Waals surface area contributed by atoms with Crippen LogP contribution in [0.2, 0.25) is 0 Å². The van der Waals surface area contributed by atoms with Gasteiger partial charge in [-0.15, -0.1) is 5.01 Å². The van der Waals surface area contributed by atoms with Crippen LogP contribution in [0.25, 0.3) is 10.9 Å². The molecule has 0 bridgehead atoms. The van der Waals surface area contributed by atoms with Crippen molar-refractivity contribution < 1.29 is 28.6 Å². The van der Waals surface area contributed by atoms with Crippen LogP contribution in [0.3, 0.4) is 0 Å². The van der Waals surface area contributed by atoms with Gasteiger partial charge in [0.1, 0.15) is 5.76 Å². The summed E-state index contributed by atoms with van der Waals surface area (Å²) in [4.78, 5) is 29.3. The van der Waals surface area contributed by atoms with Crippen molar-refractivity contribution in [3.05, 3.63) is 64.7 Å². The van der Waals surface area contributed by atoms with Gasteiger partial charge >= 0.3 is 11.8 Å². The highest BCUT2D eigenvalue weighted by Crippen LogP contribution is 2.27. The van der Waals surface area contributed by atoms with E-state index < -0.39 is 11.9 Å². The zero-order valence-corrected chi connectivity index (χ0v) is 17.6. The highest BCUT2D eigenvalue weighted by Gasteiger charge is 2.34. The lowest BCUT2D eigenvalue weighted by Crippen LogP contribution is -2.30. The summed E-state index contributed by atoms with van der Waals surface area (Å²) in [6, 6.07) is 9.14. The molecule has 3 rings (SSSR count). The highest BCUT2D eigenvalue weighted by molar-refractivity contribution is 6.34. The summed E-state index contributed by atoms with van der Waals surface area (Å²) in [6.45, 7) is 9.58. The van der Waals surface area contributed by atoms with Crippen LogP contribution in [0.4, 0.5) is 11.6 Å². The third-order valence-electron chi connectivity index (χ3n) is 4.66. The molecule has 1 amide bonds. The lowest BCUT2D eigenvalue weighted by Gasteiger charge is -2.20. The predicted octanol–water partition coefficient (Wildman–Crippen LogP) is 2.74. The Hall–Kier alpha value is -3.94. The maximum Gasteiger partial charge on any atom is 0.335 e. The number of amides is 1. The molecule has 0 fully saturated rings. The molecule has 0 aliphatic carbocycles. The lowest BCUT2D eigenvalue weighted by molar-refractivity contribution is -0.114. The van der Waals surface area contributed by atoms with Gasteiger partial charge in [-0.1, -0.05) is 6.57 Å². The standard InChI is InChI=1S/C22H22N4O6/c1-23-20-18(21(27)26(24-20)16-6-4-15(5-7-16)22(28)29)14-17-8-9-19(32-17)25(10-12-30-2)11-13-31-3/h4-9,14H,10-13H2,2-3H3,(H,28,29). The van der Waals surface area contributed by atoms with Gasteiger partial charge in [0.2, 0.25) is 0 Å². The van der Waals surface area contributed by atoms with E-state index in [1.54, 1.807) is 26.4 Å². The van der Waals surface area contributed by atoms with E-state index in [0.717, 1.165) is 5.01 Å². The number of hydrogen-bond acceptors (Lipinski definition) is 7. The number of nitrogens with zero attached hydrogens (tertiary/aromatic N) is 4. The fourth-order valence-corrected chi connectivity index (χ4v) is 3.00. The summed E-state index contributed by atoms with van der Waals surface area (Å²) in [5, 5.41) is 14.2. The maximum absolute atomic E-state index is 12.9. The number of benzene rings is 1. The third kappa shape index (κ3) is 5.03. The molecule has 0 unspecified atom stereocenters. The fourth-order valence-electron chi connectivity index (χ4n) is 3.00. The Labute approximate surface area is 184 Å². The van der Waals surface area contributed by atoms with Gasteiger partial charge in [-0.3, -0.25) is 4.79 Å². The SMILES string of the molecule is [C-]#[N+]C1=NN(c2ccc(C(=O)O)cc2)C(=O)C1=Cc1ccc(N(CCOC)CCOC)o1. The number of hydrazone groups is 1. The summed E-state index contributed by atoms with van der Waals surface area (Å²) < 4.78 is 16.1. The number of furan rings is 1. The van der Waals surface area contributed by atoms with E-state index in [2.05, 4.69) is 9.95 Å². The molecule has 2 aromatic rings. The van der Waals surface area contributed by atoms with Gasteiger partial charge in [-0.05, 0) is 41.5 Å². The largest absolute Gasteiger partial charge is 0.478 e. The van der Waals surface area contributed by atoms with Crippen molar-refractivity contribution in [1.29, 1.82) is 0 Å². The summed E-state index contributed by atoms with van der Waals surface area (Å²) >= 11 is 0. The Morgan fingerprint density at radius 3 is 2.41 bits per heavy atom. The minimum Gasteiger partial charge on any atom is -0.478 e. The molecule has 10 nitrogen and oxygen atoms in total. The highest BCUT2D eigenvalue weighted by atomic mass is 16.5. The van der Waals surface area contributed by atoms with E-state index in [-0.39, 0.29) is 17.0 Å². The van der Waals surface area contributed by atoms with E-state index in [9.17, 15) is 9.59 Å². The smallest absolute Gasteiger partial charge is 0.335 e. The van der Waals surface area contributed by atoms with Crippen LogP contribution in [0, 0.1) is 6.57 Å². The molecule has 166 valence electrons. The van der Waals surface area contributed by atoms with Crippen molar-refractivity contribution in [3.63, 3.8) is 0 Å². The number of carbonyl (C=O) groups is 2. The Morgan fingerprint density at radius 1 is 1.19 bits per heavy atom. The van der Waals surface area contributed by atoms with E-state index in [0.29, 0.717) is 43.6 Å². The van der Waals surface area contributed by atoms with E-state index in [1.807, 2.05) is 4.90 Å².